The van der Waals surface area contributed by atoms with Crippen LogP contribution in [0.3, 0.4) is 0 Å². The Morgan fingerprint density at radius 3 is 2.92 bits per heavy atom. The van der Waals surface area contributed by atoms with E-state index in [0.717, 1.165) is 5.56 Å². The fourth-order valence-corrected chi connectivity index (χ4v) is 1.74. The van der Waals surface area contributed by atoms with Gasteiger partial charge in [0.05, 0.1) is 11.6 Å². The number of halogens is 1. The van der Waals surface area contributed by atoms with Gasteiger partial charge in [0.2, 0.25) is 0 Å². The Labute approximate surface area is 75.9 Å². The van der Waals surface area contributed by atoms with Gasteiger partial charge in [-0.25, -0.2) is 4.79 Å². The van der Waals surface area contributed by atoms with Crippen molar-refractivity contribution in [2.75, 3.05) is 0 Å². The lowest BCUT2D eigenvalue weighted by molar-refractivity contribution is 0.0512. The van der Waals surface area contributed by atoms with Crippen LogP contribution in [-0.2, 0) is 4.74 Å². The summed E-state index contributed by atoms with van der Waals surface area (Å²) in [4.78, 5) is 11.1. The summed E-state index contributed by atoms with van der Waals surface area (Å²) >= 11 is 5.90. The molecule has 1 heterocycles. The number of ether oxygens (including phenoxy) is 1. The summed E-state index contributed by atoms with van der Waals surface area (Å²) in [7, 11) is 1.82. The van der Waals surface area contributed by atoms with Crippen LogP contribution in [0.15, 0.2) is 18.2 Å². The monoisotopic (exact) mass is 180 g/mol. The van der Waals surface area contributed by atoms with Gasteiger partial charge in [0.25, 0.3) is 0 Å². The SMILES string of the molecule is BC1OC(=O)c2cccc(Cl)c21. The second-order valence-electron chi connectivity index (χ2n) is 2.75. The number of hydrogen-bond donors (Lipinski definition) is 0. The molecule has 4 heteroatoms. The van der Waals surface area contributed by atoms with Gasteiger partial charge in [-0.1, -0.05) is 17.7 Å². The molecule has 2 rings (SSSR count). The van der Waals surface area contributed by atoms with Crippen molar-refractivity contribution in [2.24, 2.45) is 0 Å². The molecule has 0 saturated carbocycles. The highest BCUT2D eigenvalue weighted by Crippen LogP contribution is 2.33. The Bertz CT molecular complexity index is 351. The predicted molar refractivity (Wildman–Crippen MR) is 48.2 cm³/mol. The van der Waals surface area contributed by atoms with Crippen LogP contribution in [-0.4, -0.2) is 13.8 Å². The molecule has 1 aliphatic heterocycles. The van der Waals surface area contributed by atoms with E-state index in [4.69, 9.17) is 16.3 Å². The van der Waals surface area contributed by atoms with Crippen LogP contribution in [0.2, 0.25) is 5.02 Å². The van der Waals surface area contributed by atoms with Crippen molar-refractivity contribution in [3.8, 4) is 0 Å². The van der Waals surface area contributed by atoms with Crippen molar-refractivity contribution < 1.29 is 9.53 Å². The standard InChI is InChI=1S/C8H6BClO2/c9-7-6-4(8(11)12-7)2-1-3-5(6)10/h1-3,7H,9H2. The molecule has 0 fully saturated rings. The minimum Gasteiger partial charge on any atom is -0.464 e. The number of esters is 1. The summed E-state index contributed by atoms with van der Waals surface area (Å²) in [5.41, 5.74) is 1.40. The molecule has 0 aliphatic carbocycles. The average Bonchev–Trinajstić information content (AvgIpc) is 2.29. The number of rotatable bonds is 0. The Morgan fingerprint density at radius 2 is 2.25 bits per heavy atom. The summed E-state index contributed by atoms with van der Waals surface area (Å²) < 4.78 is 4.99. The zero-order valence-electron chi connectivity index (χ0n) is 6.50. The molecule has 0 amide bonds. The highest BCUT2D eigenvalue weighted by atomic mass is 35.5. The van der Waals surface area contributed by atoms with Crippen LogP contribution < -0.4 is 0 Å². The Balaban J connectivity index is 2.67. The number of hydrogen-bond acceptors (Lipinski definition) is 2. The van der Waals surface area contributed by atoms with E-state index < -0.39 is 0 Å². The molecule has 1 unspecified atom stereocenters. The van der Waals surface area contributed by atoms with Crippen LogP contribution in [0.4, 0.5) is 0 Å². The number of carbonyl (C=O) groups is 1. The first kappa shape index (κ1) is 7.68. The zero-order chi connectivity index (χ0) is 8.72. The smallest absolute Gasteiger partial charge is 0.338 e. The summed E-state index contributed by atoms with van der Waals surface area (Å²) in [6.45, 7) is 0. The van der Waals surface area contributed by atoms with Crippen molar-refractivity contribution >= 4 is 25.4 Å². The van der Waals surface area contributed by atoms with E-state index in [1.807, 2.05) is 7.85 Å². The number of carbonyl (C=O) groups excluding carboxylic acids is 1. The van der Waals surface area contributed by atoms with E-state index >= 15 is 0 Å². The maximum Gasteiger partial charge on any atom is 0.338 e. The first-order valence-corrected chi connectivity index (χ1v) is 4.07. The summed E-state index contributed by atoms with van der Waals surface area (Å²) in [6.07, 6.45) is 0. The number of fused-ring (bicyclic) bond motifs is 1. The summed E-state index contributed by atoms with van der Waals surface area (Å²) in [5, 5.41) is 0.603. The quantitative estimate of drug-likeness (QED) is 0.442. The summed E-state index contributed by atoms with van der Waals surface area (Å²) in [6, 6.07) is 5.04. The molecule has 1 atom stereocenters. The zero-order valence-corrected chi connectivity index (χ0v) is 7.26. The molecule has 0 spiro atoms. The predicted octanol–water partition coefficient (Wildman–Crippen LogP) is 1.14. The van der Waals surface area contributed by atoms with Crippen molar-refractivity contribution in [3.63, 3.8) is 0 Å². The molecule has 0 radical (unpaired) electrons. The van der Waals surface area contributed by atoms with Gasteiger partial charge in [0.15, 0.2) is 7.85 Å². The van der Waals surface area contributed by atoms with Gasteiger partial charge in [-0.2, -0.15) is 0 Å². The highest BCUT2D eigenvalue weighted by molar-refractivity contribution is 6.33. The molecule has 1 aromatic rings. The van der Waals surface area contributed by atoms with E-state index in [1.54, 1.807) is 18.2 Å². The normalized spacial score (nSPS) is 20.4. The molecule has 0 aromatic heterocycles. The fourth-order valence-electron chi connectivity index (χ4n) is 1.41. The van der Waals surface area contributed by atoms with Gasteiger partial charge in [0, 0.05) is 10.6 Å². The lowest BCUT2D eigenvalue weighted by Gasteiger charge is -2.03. The van der Waals surface area contributed by atoms with Gasteiger partial charge >= 0.3 is 5.97 Å². The van der Waals surface area contributed by atoms with Crippen LogP contribution in [0, 0.1) is 0 Å². The maximum absolute atomic E-state index is 11.1. The van der Waals surface area contributed by atoms with Crippen molar-refractivity contribution in [1.82, 2.24) is 0 Å². The molecule has 0 saturated heterocycles. The fraction of sp³-hybridized carbons (Fsp3) is 0.125. The van der Waals surface area contributed by atoms with E-state index in [9.17, 15) is 4.79 Å². The van der Waals surface area contributed by atoms with Crippen LogP contribution in [0.5, 0.6) is 0 Å². The van der Waals surface area contributed by atoms with E-state index in [-0.39, 0.29) is 12.0 Å². The molecular formula is C8H6BClO2. The number of cyclic esters (lactones) is 1. The molecule has 2 nitrogen and oxygen atoms in total. The molecular weight excluding hydrogens is 174 g/mol. The van der Waals surface area contributed by atoms with Crippen molar-refractivity contribution in [3.05, 3.63) is 34.3 Å². The lowest BCUT2D eigenvalue weighted by Crippen LogP contribution is -1.96. The van der Waals surface area contributed by atoms with E-state index in [1.165, 1.54) is 0 Å². The number of benzene rings is 1. The maximum atomic E-state index is 11.1. The van der Waals surface area contributed by atoms with Gasteiger partial charge in [-0.05, 0) is 12.1 Å². The van der Waals surface area contributed by atoms with Crippen LogP contribution >= 0.6 is 11.6 Å². The minimum atomic E-state index is -0.278. The van der Waals surface area contributed by atoms with Gasteiger partial charge in [0.1, 0.15) is 0 Å². The third-order valence-corrected chi connectivity index (χ3v) is 2.29. The Kier molecular flexibility index (Phi) is 1.62. The molecule has 1 aliphatic rings. The largest absolute Gasteiger partial charge is 0.464 e. The Morgan fingerprint density at radius 1 is 1.50 bits per heavy atom. The van der Waals surface area contributed by atoms with Crippen LogP contribution in [0.1, 0.15) is 21.9 Å². The highest BCUT2D eigenvalue weighted by Gasteiger charge is 2.29. The topological polar surface area (TPSA) is 26.3 Å². The van der Waals surface area contributed by atoms with Crippen molar-refractivity contribution in [2.45, 2.75) is 6.00 Å². The van der Waals surface area contributed by atoms with Crippen molar-refractivity contribution in [1.29, 1.82) is 0 Å². The first-order valence-electron chi connectivity index (χ1n) is 3.69. The average molecular weight is 180 g/mol. The molecule has 60 valence electrons. The second-order valence-corrected chi connectivity index (χ2v) is 3.16. The molecule has 12 heavy (non-hydrogen) atoms. The molecule has 1 aromatic carbocycles. The lowest BCUT2D eigenvalue weighted by atomic mass is 9.91. The Hall–Kier alpha value is -0.955. The van der Waals surface area contributed by atoms with E-state index in [2.05, 4.69) is 0 Å². The molecule has 0 bridgehead atoms. The van der Waals surface area contributed by atoms with E-state index in [0.29, 0.717) is 10.6 Å². The van der Waals surface area contributed by atoms with Gasteiger partial charge < -0.3 is 4.74 Å². The minimum absolute atomic E-state index is 0.207. The van der Waals surface area contributed by atoms with Gasteiger partial charge in [-0.15, -0.1) is 0 Å². The second kappa shape index (κ2) is 2.52. The summed E-state index contributed by atoms with van der Waals surface area (Å²) in [5.74, 6) is -0.278. The first-order chi connectivity index (χ1) is 5.70. The van der Waals surface area contributed by atoms with Crippen LogP contribution in [0.25, 0.3) is 0 Å². The molecule has 0 N–H and O–H groups in total. The third kappa shape index (κ3) is 0.933. The van der Waals surface area contributed by atoms with Gasteiger partial charge in [-0.3, -0.25) is 0 Å². The third-order valence-electron chi connectivity index (χ3n) is 1.96.